The van der Waals surface area contributed by atoms with E-state index in [0.29, 0.717) is 23.6 Å². The Hall–Kier alpha value is -2.99. The number of fused-ring (bicyclic) bond motifs is 1. The zero-order valence-corrected chi connectivity index (χ0v) is 16.1. The van der Waals surface area contributed by atoms with Crippen LogP contribution in [-0.4, -0.2) is 57.2 Å². The number of benzene rings is 2. The summed E-state index contributed by atoms with van der Waals surface area (Å²) in [6, 6.07) is 17.9. The second kappa shape index (κ2) is 8.35. The van der Waals surface area contributed by atoms with Gasteiger partial charge in [-0.3, -0.25) is 9.69 Å². The Bertz CT molecular complexity index is 931. The molecule has 1 aliphatic rings. The molecule has 2 aromatic carbocycles. The summed E-state index contributed by atoms with van der Waals surface area (Å²) in [4.78, 5) is 17.2. The Balaban J connectivity index is 1.26. The molecule has 0 bridgehead atoms. The number of ether oxygens (including phenoxy) is 1. The van der Waals surface area contributed by atoms with Crippen LogP contribution in [0.1, 0.15) is 10.6 Å². The number of hydrogen-bond donors (Lipinski definition) is 1. The number of furan rings is 1. The minimum absolute atomic E-state index is 0.193. The van der Waals surface area contributed by atoms with E-state index in [1.54, 1.807) is 13.2 Å². The van der Waals surface area contributed by atoms with E-state index in [0.717, 1.165) is 38.1 Å². The molecule has 28 heavy (non-hydrogen) atoms. The molecule has 3 aromatic rings. The molecule has 0 atom stereocenters. The van der Waals surface area contributed by atoms with Crippen molar-refractivity contribution in [2.24, 2.45) is 0 Å². The fourth-order valence-corrected chi connectivity index (χ4v) is 3.59. The Morgan fingerprint density at radius 1 is 1.07 bits per heavy atom. The standard InChI is InChI=1S/C22H25N3O3/c1-27-19-9-5-6-17-16-20(28-21(17)19)22(26)23-10-11-24-12-14-25(15-13-24)18-7-3-2-4-8-18/h2-9,16H,10-15H2,1H3,(H,23,26). The van der Waals surface area contributed by atoms with Crippen molar-refractivity contribution in [1.82, 2.24) is 10.2 Å². The van der Waals surface area contributed by atoms with Gasteiger partial charge in [-0.15, -0.1) is 0 Å². The van der Waals surface area contributed by atoms with Gasteiger partial charge in [0.2, 0.25) is 0 Å². The van der Waals surface area contributed by atoms with Crippen LogP contribution < -0.4 is 15.0 Å². The average molecular weight is 379 g/mol. The van der Waals surface area contributed by atoms with E-state index in [1.807, 2.05) is 24.3 Å². The number of piperazine rings is 1. The van der Waals surface area contributed by atoms with E-state index < -0.39 is 0 Å². The van der Waals surface area contributed by atoms with Gasteiger partial charge in [-0.1, -0.05) is 30.3 Å². The largest absolute Gasteiger partial charge is 0.493 e. The van der Waals surface area contributed by atoms with Crippen molar-refractivity contribution in [3.8, 4) is 5.75 Å². The third kappa shape index (κ3) is 3.97. The van der Waals surface area contributed by atoms with Gasteiger partial charge in [-0.2, -0.15) is 0 Å². The molecular formula is C22H25N3O3. The van der Waals surface area contributed by atoms with Crippen LogP contribution in [0.25, 0.3) is 11.0 Å². The summed E-state index contributed by atoms with van der Waals surface area (Å²) >= 11 is 0. The average Bonchev–Trinajstić information content (AvgIpc) is 3.19. The lowest BCUT2D eigenvalue weighted by atomic mass is 10.2. The van der Waals surface area contributed by atoms with Crippen LogP contribution in [0.2, 0.25) is 0 Å². The van der Waals surface area contributed by atoms with Crippen LogP contribution >= 0.6 is 0 Å². The summed E-state index contributed by atoms with van der Waals surface area (Å²) in [6.45, 7) is 5.41. The minimum atomic E-state index is -0.193. The lowest BCUT2D eigenvalue weighted by Crippen LogP contribution is -2.48. The van der Waals surface area contributed by atoms with E-state index in [9.17, 15) is 4.79 Å². The Morgan fingerprint density at radius 3 is 2.61 bits per heavy atom. The Morgan fingerprint density at radius 2 is 1.86 bits per heavy atom. The van der Waals surface area contributed by atoms with Crippen molar-refractivity contribution in [1.29, 1.82) is 0 Å². The van der Waals surface area contributed by atoms with E-state index in [1.165, 1.54) is 5.69 Å². The SMILES string of the molecule is COc1cccc2cc(C(=O)NCCN3CCN(c4ccccc4)CC3)oc12. The number of hydrogen-bond acceptors (Lipinski definition) is 5. The number of para-hydroxylation sites is 2. The first-order chi connectivity index (χ1) is 13.7. The molecular weight excluding hydrogens is 354 g/mol. The quantitative estimate of drug-likeness (QED) is 0.714. The van der Waals surface area contributed by atoms with Crippen LogP contribution in [0.3, 0.4) is 0 Å². The number of nitrogens with one attached hydrogen (secondary N) is 1. The van der Waals surface area contributed by atoms with Gasteiger partial charge in [-0.05, 0) is 24.3 Å². The zero-order valence-electron chi connectivity index (χ0n) is 16.1. The van der Waals surface area contributed by atoms with Crippen LogP contribution in [-0.2, 0) is 0 Å². The van der Waals surface area contributed by atoms with Crippen LogP contribution in [0, 0.1) is 0 Å². The van der Waals surface area contributed by atoms with E-state index in [2.05, 4.69) is 39.4 Å². The Kier molecular flexibility index (Phi) is 5.48. The highest BCUT2D eigenvalue weighted by molar-refractivity contribution is 5.97. The van der Waals surface area contributed by atoms with Gasteiger partial charge < -0.3 is 19.4 Å². The van der Waals surface area contributed by atoms with Crippen molar-refractivity contribution in [3.63, 3.8) is 0 Å². The molecule has 0 saturated carbocycles. The van der Waals surface area contributed by atoms with Gasteiger partial charge in [0.05, 0.1) is 7.11 Å². The fourth-order valence-electron chi connectivity index (χ4n) is 3.59. The van der Waals surface area contributed by atoms with E-state index in [4.69, 9.17) is 9.15 Å². The highest BCUT2D eigenvalue weighted by Gasteiger charge is 2.18. The monoisotopic (exact) mass is 379 g/mol. The van der Waals surface area contributed by atoms with Crippen LogP contribution in [0.5, 0.6) is 5.75 Å². The number of amides is 1. The number of nitrogens with zero attached hydrogens (tertiary/aromatic N) is 2. The van der Waals surface area contributed by atoms with Gasteiger partial charge in [0, 0.05) is 50.3 Å². The lowest BCUT2D eigenvalue weighted by Gasteiger charge is -2.36. The van der Waals surface area contributed by atoms with Crippen LogP contribution in [0.15, 0.2) is 59.0 Å². The Labute approximate surface area is 164 Å². The predicted octanol–water partition coefficient (Wildman–Crippen LogP) is 2.99. The van der Waals surface area contributed by atoms with Gasteiger partial charge >= 0.3 is 0 Å². The molecule has 146 valence electrons. The number of carbonyl (C=O) groups is 1. The van der Waals surface area contributed by atoms with Crippen molar-refractivity contribution < 1.29 is 13.9 Å². The van der Waals surface area contributed by atoms with Crippen LogP contribution in [0.4, 0.5) is 5.69 Å². The fraction of sp³-hybridized carbons (Fsp3) is 0.318. The third-order valence-corrected chi connectivity index (χ3v) is 5.16. The molecule has 1 amide bonds. The molecule has 1 aliphatic heterocycles. The van der Waals surface area contributed by atoms with Gasteiger partial charge in [0.1, 0.15) is 0 Å². The number of rotatable bonds is 6. The highest BCUT2D eigenvalue weighted by atomic mass is 16.5. The summed E-state index contributed by atoms with van der Waals surface area (Å²) in [5.74, 6) is 0.752. The molecule has 0 radical (unpaired) electrons. The number of anilines is 1. The maximum Gasteiger partial charge on any atom is 0.287 e. The van der Waals surface area contributed by atoms with Crippen molar-refractivity contribution in [2.45, 2.75) is 0 Å². The number of methoxy groups -OCH3 is 1. The molecule has 1 saturated heterocycles. The van der Waals surface area contributed by atoms with Gasteiger partial charge in [0.15, 0.2) is 17.1 Å². The topological polar surface area (TPSA) is 58.0 Å². The molecule has 1 N–H and O–H groups in total. The molecule has 0 unspecified atom stereocenters. The molecule has 6 nitrogen and oxygen atoms in total. The summed E-state index contributed by atoms with van der Waals surface area (Å²) in [6.07, 6.45) is 0. The summed E-state index contributed by atoms with van der Waals surface area (Å²) < 4.78 is 11.0. The van der Waals surface area contributed by atoms with Crippen molar-refractivity contribution in [3.05, 3.63) is 60.4 Å². The maximum atomic E-state index is 12.4. The molecule has 2 heterocycles. The third-order valence-electron chi connectivity index (χ3n) is 5.16. The van der Waals surface area contributed by atoms with Crippen molar-refractivity contribution >= 4 is 22.6 Å². The minimum Gasteiger partial charge on any atom is -0.493 e. The van der Waals surface area contributed by atoms with E-state index >= 15 is 0 Å². The molecule has 6 heteroatoms. The normalized spacial score (nSPS) is 15.0. The molecule has 0 aliphatic carbocycles. The van der Waals surface area contributed by atoms with E-state index in [-0.39, 0.29) is 5.91 Å². The second-order valence-corrected chi connectivity index (χ2v) is 6.91. The molecule has 4 rings (SSSR count). The first-order valence-corrected chi connectivity index (χ1v) is 9.62. The smallest absolute Gasteiger partial charge is 0.287 e. The first kappa shape index (κ1) is 18.4. The second-order valence-electron chi connectivity index (χ2n) is 6.91. The molecule has 0 spiro atoms. The lowest BCUT2D eigenvalue weighted by molar-refractivity contribution is 0.0922. The predicted molar refractivity (Wildman–Crippen MR) is 110 cm³/mol. The van der Waals surface area contributed by atoms with Gasteiger partial charge in [-0.25, -0.2) is 0 Å². The van der Waals surface area contributed by atoms with Gasteiger partial charge in [0.25, 0.3) is 5.91 Å². The molecule has 1 fully saturated rings. The summed E-state index contributed by atoms with van der Waals surface area (Å²) in [5.41, 5.74) is 1.88. The molecule has 1 aromatic heterocycles. The zero-order chi connectivity index (χ0) is 19.3. The summed E-state index contributed by atoms with van der Waals surface area (Å²) in [5, 5.41) is 3.82. The first-order valence-electron chi connectivity index (χ1n) is 9.62. The maximum absolute atomic E-state index is 12.4. The van der Waals surface area contributed by atoms with Crippen molar-refractivity contribution in [2.75, 3.05) is 51.3 Å². The summed E-state index contributed by atoms with van der Waals surface area (Å²) in [7, 11) is 1.59. The number of carbonyl (C=O) groups excluding carboxylic acids is 1. The highest BCUT2D eigenvalue weighted by Crippen LogP contribution is 2.28.